The molecule has 0 spiro atoms. The number of aliphatic hydroxyl groups is 5. The number of carbonyl (C=O) groups is 1. The second-order valence-electron chi connectivity index (χ2n) is 18.3. The molecule has 7 unspecified atom stereocenters. The predicted molar refractivity (Wildman–Crippen MR) is 253 cm³/mol. The first kappa shape index (κ1) is 57.7. The van der Waals surface area contributed by atoms with Crippen LogP contribution >= 0.6 is 0 Å². The van der Waals surface area contributed by atoms with Gasteiger partial charge in [-0.15, -0.1) is 0 Å². The third-order valence-corrected chi connectivity index (χ3v) is 12.5. The monoisotopic (exact) mass is 866 g/mol. The Morgan fingerprint density at radius 3 is 1.33 bits per heavy atom. The standard InChI is InChI=1S/C52H99NO8/c1-3-5-7-9-11-13-15-17-19-21-23-25-27-29-31-33-35-37-39-41-46(55)45(44-60-52-51(59)50(58)49(57)47(43-54)61-52)53-48(56)42-40-38-36-34-32-30-28-26-24-22-20-18-16-14-12-10-8-6-4-2/h18,20,39,41,45-47,49-52,54-55,57-59H,3-17,19,21-38,40,42-44H2,1-2H3,(H,53,56)/b20-18-,41-39+. The summed E-state index contributed by atoms with van der Waals surface area (Å²) in [7, 11) is 0. The Labute approximate surface area is 375 Å². The molecular formula is C52H99NO8. The third kappa shape index (κ3) is 32.9. The maximum Gasteiger partial charge on any atom is 0.220 e. The van der Waals surface area contributed by atoms with Crippen molar-refractivity contribution in [2.45, 2.75) is 288 Å². The van der Waals surface area contributed by atoms with E-state index in [2.05, 4.69) is 31.3 Å². The van der Waals surface area contributed by atoms with Crippen LogP contribution in [0.1, 0.15) is 245 Å². The fourth-order valence-corrected chi connectivity index (χ4v) is 8.33. The van der Waals surface area contributed by atoms with Crippen molar-refractivity contribution in [2.24, 2.45) is 0 Å². The molecule has 0 radical (unpaired) electrons. The highest BCUT2D eigenvalue weighted by atomic mass is 16.7. The van der Waals surface area contributed by atoms with Crippen LogP contribution in [0.2, 0.25) is 0 Å². The zero-order chi connectivity index (χ0) is 44.4. The highest BCUT2D eigenvalue weighted by Gasteiger charge is 2.44. The van der Waals surface area contributed by atoms with Gasteiger partial charge in [-0.3, -0.25) is 4.79 Å². The van der Waals surface area contributed by atoms with Crippen LogP contribution in [0.5, 0.6) is 0 Å². The minimum absolute atomic E-state index is 0.177. The Morgan fingerprint density at radius 1 is 0.541 bits per heavy atom. The quantitative estimate of drug-likeness (QED) is 0.0262. The van der Waals surface area contributed by atoms with Crippen LogP contribution < -0.4 is 5.32 Å². The molecule has 1 amide bonds. The molecule has 7 atom stereocenters. The van der Waals surface area contributed by atoms with Crippen molar-refractivity contribution in [3.8, 4) is 0 Å². The van der Waals surface area contributed by atoms with Crippen molar-refractivity contribution < 1.29 is 39.8 Å². The van der Waals surface area contributed by atoms with Crippen LogP contribution in [0.4, 0.5) is 0 Å². The van der Waals surface area contributed by atoms with Gasteiger partial charge in [-0.05, 0) is 44.9 Å². The topological polar surface area (TPSA) is 149 Å². The fourth-order valence-electron chi connectivity index (χ4n) is 8.33. The molecule has 1 aliphatic heterocycles. The van der Waals surface area contributed by atoms with Gasteiger partial charge in [0, 0.05) is 6.42 Å². The molecule has 0 saturated carbocycles. The van der Waals surface area contributed by atoms with Gasteiger partial charge in [0.05, 0.1) is 25.4 Å². The van der Waals surface area contributed by atoms with Crippen LogP contribution in [-0.4, -0.2) is 87.5 Å². The highest BCUT2D eigenvalue weighted by molar-refractivity contribution is 5.76. The molecule has 0 aromatic rings. The smallest absolute Gasteiger partial charge is 0.220 e. The first-order chi connectivity index (χ1) is 29.8. The normalized spacial score (nSPS) is 20.5. The number of aliphatic hydroxyl groups excluding tert-OH is 5. The maximum absolute atomic E-state index is 13.0. The first-order valence-electron chi connectivity index (χ1n) is 26.1. The Hall–Kier alpha value is -1.33. The Morgan fingerprint density at radius 2 is 0.918 bits per heavy atom. The molecular weight excluding hydrogens is 767 g/mol. The van der Waals surface area contributed by atoms with Gasteiger partial charge in [0.1, 0.15) is 24.4 Å². The molecule has 6 N–H and O–H groups in total. The fraction of sp³-hybridized carbons (Fsp3) is 0.904. The van der Waals surface area contributed by atoms with E-state index in [0.29, 0.717) is 6.42 Å². The Bertz CT molecular complexity index is 1010. The van der Waals surface area contributed by atoms with Gasteiger partial charge in [-0.25, -0.2) is 0 Å². The molecule has 9 nitrogen and oxygen atoms in total. The van der Waals surface area contributed by atoms with E-state index >= 15 is 0 Å². The lowest BCUT2D eigenvalue weighted by molar-refractivity contribution is -0.302. The van der Waals surface area contributed by atoms with E-state index in [9.17, 15) is 30.3 Å². The lowest BCUT2D eigenvalue weighted by atomic mass is 9.99. The lowest BCUT2D eigenvalue weighted by Gasteiger charge is -2.40. The molecule has 1 saturated heterocycles. The highest BCUT2D eigenvalue weighted by Crippen LogP contribution is 2.23. The number of amides is 1. The van der Waals surface area contributed by atoms with Crippen LogP contribution in [-0.2, 0) is 14.3 Å². The van der Waals surface area contributed by atoms with E-state index in [-0.39, 0.29) is 12.5 Å². The molecule has 1 heterocycles. The first-order valence-corrected chi connectivity index (χ1v) is 26.1. The van der Waals surface area contributed by atoms with E-state index in [1.807, 2.05) is 6.08 Å². The Balaban J connectivity index is 2.29. The minimum atomic E-state index is -1.56. The van der Waals surface area contributed by atoms with E-state index in [0.717, 1.165) is 38.5 Å². The van der Waals surface area contributed by atoms with Crippen molar-refractivity contribution >= 4 is 5.91 Å². The molecule has 0 aromatic heterocycles. The number of hydrogen-bond donors (Lipinski definition) is 6. The number of nitrogens with one attached hydrogen (secondary N) is 1. The average Bonchev–Trinajstić information content (AvgIpc) is 3.26. The zero-order valence-corrected chi connectivity index (χ0v) is 39.7. The summed E-state index contributed by atoms with van der Waals surface area (Å²) >= 11 is 0. The average molecular weight is 866 g/mol. The summed E-state index contributed by atoms with van der Waals surface area (Å²) in [6.45, 7) is 3.79. The molecule has 1 rings (SSSR count). The lowest BCUT2D eigenvalue weighted by Crippen LogP contribution is -2.60. The van der Waals surface area contributed by atoms with Gasteiger partial charge in [-0.1, -0.05) is 218 Å². The minimum Gasteiger partial charge on any atom is -0.394 e. The zero-order valence-electron chi connectivity index (χ0n) is 39.7. The summed E-state index contributed by atoms with van der Waals surface area (Å²) in [4.78, 5) is 13.0. The van der Waals surface area contributed by atoms with E-state index in [1.165, 1.54) is 186 Å². The second kappa shape index (κ2) is 42.6. The molecule has 9 heteroatoms. The molecule has 1 fully saturated rings. The van der Waals surface area contributed by atoms with Gasteiger partial charge in [0.25, 0.3) is 0 Å². The summed E-state index contributed by atoms with van der Waals surface area (Å²) in [5, 5.41) is 54.4. The maximum atomic E-state index is 13.0. The van der Waals surface area contributed by atoms with Crippen molar-refractivity contribution in [1.82, 2.24) is 5.32 Å². The molecule has 1 aliphatic rings. The van der Waals surface area contributed by atoms with E-state index < -0.39 is 49.5 Å². The second-order valence-corrected chi connectivity index (χ2v) is 18.3. The van der Waals surface area contributed by atoms with Crippen molar-refractivity contribution in [2.75, 3.05) is 13.2 Å². The summed E-state index contributed by atoms with van der Waals surface area (Å²) in [6, 6.07) is -0.803. The van der Waals surface area contributed by atoms with E-state index in [1.54, 1.807) is 6.08 Å². The van der Waals surface area contributed by atoms with Gasteiger partial charge in [0.2, 0.25) is 5.91 Å². The summed E-state index contributed by atoms with van der Waals surface area (Å²) < 4.78 is 11.2. The summed E-state index contributed by atoms with van der Waals surface area (Å²) in [5.41, 5.74) is 0. The van der Waals surface area contributed by atoms with Gasteiger partial charge < -0.3 is 40.3 Å². The van der Waals surface area contributed by atoms with Gasteiger partial charge in [-0.2, -0.15) is 0 Å². The summed E-state index contributed by atoms with van der Waals surface area (Å²) in [6.07, 6.45) is 45.1. The van der Waals surface area contributed by atoms with Crippen molar-refractivity contribution in [1.29, 1.82) is 0 Å². The summed E-state index contributed by atoms with van der Waals surface area (Å²) in [5.74, 6) is -0.177. The van der Waals surface area contributed by atoms with Crippen molar-refractivity contribution in [3.63, 3.8) is 0 Å². The third-order valence-electron chi connectivity index (χ3n) is 12.5. The number of rotatable bonds is 44. The molecule has 360 valence electrons. The van der Waals surface area contributed by atoms with E-state index in [4.69, 9.17) is 9.47 Å². The molecule has 0 aliphatic carbocycles. The number of ether oxygens (including phenoxy) is 2. The SMILES string of the molecule is CCCCCCCC/C=C\CCCCCCCCCCCC(=O)NC(COC1OC(CO)C(O)C(O)C1O)C(O)/C=C/CCCCCCCCCCCCCCCCCCC. The number of carbonyl (C=O) groups excluding carboxylic acids is 1. The molecule has 61 heavy (non-hydrogen) atoms. The van der Waals surface area contributed by atoms with Gasteiger partial charge >= 0.3 is 0 Å². The van der Waals surface area contributed by atoms with Crippen LogP contribution in [0.25, 0.3) is 0 Å². The van der Waals surface area contributed by atoms with Crippen LogP contribution in [0.3, 0.4) is 0 Å². The molecule has 0 bridgehead atoms. The van der Waals surface area contributed by atoms with Crippen LogP contribution in [0.15, 0.2) is 24.3 Å². The number of hydrogen-bond acceptors (Lipinski definition) is 8. The molecule has 0 aromatic carbocycles. The van der Waals surface area contributed by atoms with Crippen molar-refractivity contribution in [3.05, 3.63) is 24.3 Å². The number of unbranched alkanes of at least 4 members (excludes halogenated alkanes) is 32. The Kier molecular flexibility index (Phi) is 40.3. The largest absolute Gasteiger partial charge is 0.394 e. The predicted octanol–water partition coefficient (Wildman–Crippen LogP) is 11.8. The van der Waals surface area contributed by atoms with Crippen LogP contribution in [0, 0.1) is 0 Å². The van der Waals surface area contributed by atoms with Gasteiger partial charge in [0.15, 0.2) is 6.29 Å². The number of allylic oxidation sites excluding steroid dienone is 3.